The average Bonchev–Trinajstić information content (AvgIpc) is 3.98. The summed E-state index contributed by atoms with van der Waals surface area (Å²) in [6, 6.07) is 11.5. The minimum Gasteiger partial charge on any atom is -0.446 e. The van der Waals surface area contributed by atoms with Crippen LogP contribution in [-0.2, 0) is 33.7 Å². The van der Waals surface area contributed by atoms with Crippen LogP contribution in [0.5, 0.6) is 0 Å². The number of hydrogen-bond acceptors (Lipinski definition) is 9. The van der Waals surface area contributed by atoms with Crippen molar-refractivity contribution in [3.05, 3.63) is 70.3 Å². The predicted molar refractivity (Wildman–Crippen MR) is 259 cm³/mol. The number of hydrazine groups is 1. The van der Waals surface area contributed by atoms with Crippen LogP contribution in [0.15, 0.2) is 54.1 Å². The number of nitrogens with one attached hydrogen (secondary N) is 1. The Labute approximate surface area is 371 Å². The number of benzene rings is 1. The molecule has 0 radical (unpaired) electrons. The molecule has 6 rings (SSSR count). The molecule has 0 saturated carbocycles. The Bertz CT molecular complexity index is 1910. The van der Waals surface area contributed by atoms with Crippen molar-refractivity contribution in [2.24, 2.45) is 11.3 Å². The molecular formula is C49H76N6O3S2. The number of nitrogens with two attached hydrogens (primary N) is 1. The second-order valence-electron chi connectivity index (χ2n) is 15.9. The molecule has 0 aliphatic carbocycles. The summed E-state index contributed by atoms with van der Waals surface area (Å²) in [4.78, 5) is 22.8. The lowest BCUT2D eigenvalue weighted by molar-refractivity contribution is -0.129. The number of piperidine rings is 1. The number of thioether (sulfide) groups is 1. The minimum atomic E-state index is -0.171. The topological polar surface area (TPSA) is 108 Å². The van der Waals surface area contributed by atoms with Crippen LogP contribution in [0.25, 0.3) is 33.4 Å². The van der Waals surface area contributed by atoms with Crippen molar-refractivity contribution in [3.8, 4) is 35.0 Å². The second-order valence-corrected chi connectivity index (χ2v) is 17.7. The van der Waals surface area contributed by atoms with Crippen LogP contribution in [0.1, 0.15) is 129 Å². The highest BCUT2D eigenvalue weighted by molar-refractivity contribution is 7.97. The van der Waals surface area contributed by atoms with Crippen molar-refractivity contribution in [1.29, 1.82) is 0 Å². The van der Waals surface area contributed by atoms with Crippen molar-refractivity contribution in [1.82, 2.24) is 24.9 Å². The number of ether oxygens (including phenoxy) is 2. The van der Waals surface area contributed by atoms with Crippen LogP contribution in [-0.4, -0.2) is 70.7 Å². The Balaban J connectivity index is 0.000000418. The number of fused-ring (bicyclic) bond motifs is 2. The number of rotatable bonds is 15. The van der Waals surface area contributed by atoms with Gasteiger partial charge in [-0.1, -0.05) is 52.7 Å². The molecular weight excluding hydrogens is 785 g/mol. The predicted octanol–water partition coefficient (Wildman–Crippen LogP) is 11.7. The largest absolute Gasteiger partial charge is 0.446 e. The number of unbranched alkanes of at least 4 members (excludes halogenated alkanes) is 1. The third-order valence-electron chi connectivity index (χ3n) is 10.5. The molecule has 2 aliphatic heterocycles. The zero-order chi connectivity index (χ0) is 44.7. The number of methoxy groups -OCH3 is 1. The van der Waals surface area contributed by atoms with Gasteiger partial charge in [0.05, 0.1) is 28.2 Å². The van der Waals surface area contributed by atoms with Crippen LogP contribution >= 0.6 is 23.1 Å². The summed E-state index contributed by atoms with van der Waals surface area (Å²) in [7, 11) is 1.73. The van der Waals surface area contributed by atoms with Crippen molar-refractivity contribution in [2.45, 2.75) is 138 Å². The number of nitrogens with zero attached hydrogens (tertiary/aromatic N) is 4. The number of allylic oxidation sites excluding steroid dienone is 1. The zero-order valence-electron chi connectivity index (χ0n) is 38.8. The van der Waals surface area contributed by atoms with E-state index in [-0.39, 0.29) is 11.5 Å². The lowest BCUT2D eigenvalue weighted by atomic mass is 9.84. The van der Waals surface area contributed by atoms with E-state index in [0.717, 1.165) is 85.7 Å². The van der Waals surface area contributed by atoms with Gasteiger partial charge in [0.2, 0.25) is 5.91 Å². The van der Waals surface area contributed by atoms with Gasteiger partial charge in [0.1, 0.15) is 12.7 Å². The second kappa shape index (κ2) is 28.0. The summed E-state index contributed by atoms with van der Waals surface area (Å²) in [6.07, 6.45) is 24.5. The van der Waals surface area contributed by atoms with Crippen LogP contribution in [0.4, 0.5) is 0 Å². The van der Waals surface area contributed by atoms with Crippen molar-refractivity contribution in [2.75, 3.05) is 39.3 Å². The molecule has 0 spiro atoms. The van der Waals surface area contributed by atoms with Gasteiger partial charge in [-0.25, -0.2) is 4.98 Å². The molecule has 1 amide bonds. The van der Waals surface area contributed by atoms with E-state index in [2.05, 4.69) is 91.8 Å². The summed E-state index contributed by atoms with van der Waals surface area (Å²) in [5.74, 6) is 5.47. The Morgan fingerprint density at radius 1 is 1.18 bits per heavy atom. The molecule has 60 heavy (non-hydrogen) atoms. The summed E-state index contributed by atoms with van der Waals surface area (Å²) in [6.45, 7) is 23.9. The highest BCUT2D eigenvalue weighted by Gasteiger charge is 2.32. The van der Waals surface area contributed by atoms with Gasteiger partial charge in [-0.3, -0.25) is 21.0 Å². The maximum atomic E-state index is 11.1. The smallest absolute Gasteiger partial charge is 0.222 e. The fourth-order valence-corrected chi connectivity index (χ4v) is 8.30. The molecule has 3 N–H and O–H groups in total. The molecule has 0 bridgehead atoms. The molecule has 1 aromatic carbocycles. The van der Waals surface area contributed by atoms with E-state index in [1.165, 1.54) is 53.4 Å². The standard InChI is InChI=1S/C30H35N3O2S.C8H13NO.C7H16N2.C2H6S.C2H6/c1-8-27-32-25(18-36-27)21-13-14-26-23(16-21)24(17-30(5,6)19-35-10-3)29(33(26)9-2)22-12-11-15-31-28(22)20(4)34-7;10-8-5-4-7-3-1-2-6-9(7)8;1-7(2)5-3-4-6-9-8;1-3-2;1-2/h3,11-16,18,20H,8-9,17,19H2,1-2,4-7H3;7H,1-6H2;9H,1,3-6,8H2,2H3;1-2H3;1-2H3. The van der Waals surface area contributed by atoms with Gasteiger partial charge in [0.15, 0.2) is 0 Å². The molecule has 4 aromatic rings. The van der Waals surface area contributed by atoms with E-state index < -0.39 is 0 Å². The number of carbonyl (C=O) groups is 1. The Morgan fingerprint density at radius 2 is 1.92 bits per heavy atom. The number of aryl methyl sites for hydroxylation is 2. The molecule has 11 heteroatoms. The van der Waals surface area contributed by atoms with E-state index in [1.807, 2.05) is 45.5 Å². The summed E-state index contributed by atoms with van der Waals surface area (Å²) >= 11 is 3.47. The number of carbonyl (C=O) groups excluding carboxylic acids is 1. The maximum Gasteiger partial charge on any atom is 0.222 e. The number of amides is 1. The molecule has 9 nitrogen and oxygen atoms in total. The van der Waals surface area contributed by atoms with Gasteiger partial charge in [-0.2, -0.15) is 11.8 Å². The summed E-state index contributed by atoms with van der Waals surface area (Å²) < 4.78 is 13.5. The number of pyridine rings is 1. The highest BCUT2D eigenvalue weighted by atomic mass is 32.2. The number of hydrogen-bond donors (Lipinski definition) is 2. The zero-order valence-corrected chi connectivity index (χ0v) is 40.4. The summed E-state index contributed by atoms with van der Waals surface area (Å²) in [5.41, 5.74) is 11.5. The maximum absolute atomic E-state index is 11.1. The van der Waals surface area contributed by atoms with E-state index in [1.54, 1.807) is 30.2 Å². The normalized spacial score (nSPS) is 14.8. The van der Waals surface area contributed by atoms with Crippen molar-refractivity contribution in [3.63, 3.8) is 0 Å². The van der Waals surface area contributed by atoms with Gasteiger partial charge in [0, 0.05) is 78.2 Å². The van der Waals surface area contributed by atoms with E-state index in [4.69, 9.17) is 31.7 Å². The quantitative estimate of drug-likeness (QED) is 0.0400. The van der Waals surface area contributed by atoms with Gasteiger partial charge in [-0.15, -0.1) is 17.9 Å². The van der Waals surface area contributed by atoms with Gasteiger partial charge in [-0.05, 0) is 121 Å². The van der Waals surface area contributed by atoms with Crippen LogP contribution in [0, 0.1) is 17.9 Å². The number of thiazole rings is 1. The first-order valence-electron chi connectivity index (χ1n) is 21.8. The Hall–Kier alpha value is -3.66. The fraction of sp³-hybridized carbons (Fsp3) is 0.571. The third kappa shape index (κ3) is 15.7. The van der Waals surface area contributed by atoms with Crippen molar-refractivity contribution >= 4 is 39.9 Å². The molecule has 2 unspecified atom stereocenters. The van der Waals surface area contributed by atoms with Crippen LogP contribution < -0.4 is 11.3 Å². The molecule has 5 heterocycles. The molecule has 332 valence electrons. The van der Waals surface area contributed by atoms with Crippen molar-refractivity contribution < 1.29 is 14.3 Å². The van der Waals surface area contributed by atoms with E-state index in [0.29, 0.717) is 18.6 Å². The highest BCUT2D eigenvalue weighted by Crippen LogP contribution is 2.41. The van der Waals surface area contributed by atoms with Gasteiger partial charge >= 0.3 is 0 Å². The Morgan fingerprint density at radius 3 is 2.52 bits per heavy atom. The van der Waals surface area contributed by atoms with E-state index in [9.17, 15) is 4.79 Å². The Kier molecular flexibility index (Phi) is 24.5. The third-order valence-corrected chi connectivity index (χ3v) is 11.5. The average molecular weight is 861 g/mol. The monoisotopic (exact) mass is 861 g/mol. The molecule has 3 aromatic heterocycles. The summed E-state index contributed by atoms with van der Waals surface area (Å²) in [5, 5.41) is 4.53. The first-order chi connectivity index (χ1) is 28.9. The van der Waals surface area contributed by atoms with Gasteiger partial charge < -0.3 is 18.9 Å². The molecule has 2 saturated heterocycles. The van der Waals surface area contributed by atoms with Gasteiger partial charge in [0.25, 0.3) is 0 Å². The minimum absolute atomic E-state index is 0.131. The lowest BCUT2D eigenvalue weighted by Crippen LogP contribution is -2.36. The molecule has 2 aliphatic rings. The first kappa shape index (κ1) is 52.5. The van der Waals surface area contributed by atoms with E-state index >= 15 is 0 Å². The van der Waals surface area contributed by atoms with Crippen LogP contribution in [0.2, 0.25) is 0 Å². The van der Waals surface area contributed by atoms with Crippen LogP contribution in [0.3, 0.4) is 0 Å². The first-order valence-corrected chi connectivity index (χ1v) is 24.3. The number of aromatic nitrogens is 3. The lowest BCUT2D eigenvalue weighted by Gasteiger charge is -2.29. The molecule has 2 fully saturated rings. The fourth-order valence-electron chi connectivity index (χ4n) is 7.54. The SMILES string of the molecule is C#COCC(C)(C)Cc1c(-c2cccnc2C(C)OC)n(CC)c2ccc(-c3csc(CC)n3)cc12.C=C(C)CCCCNN.CC.CSC.O=C1CCC2CCCCN12. The molecule has 2 atom stereocenters. The number of terminal acetylenes is 1.